The topological polar surface area (TPSA) is 68.2 Å². The van der Waals surface area contributed by atoms with Crippen LogP contribution in [0.5, 0.6) is 0 Å². The average molecular weight is 383 g/mol. The number of rotatable bonds is 4. The van der Waals surface area contributed by atoms with E-state index in [9.17, 15) is 13.2 Å². The lowest BCUT2D eigenvalue weighted by Gasteiger charge is -2.11. The van der Waals surface area contributed by atoms with E-state index < -0.39 is 15.9 Å². The number of fused-ring (bicyclic) bond motifs is 1. The van der Waals surface area contributed by atoms with Crippen molar-refractivity contribution in [3.05, 3.63) is 46.4 Å². The summed E-state index contributed by atoms with van der Waals surface area (Å²) in [6.07, 6.45) is 3.78. The number of sulfone groups is 1. The van der Waals surface area contributed by atoms with Crippen molar-refractivity contribution in [2.45, 2.75) is 19.0 Å². The molecule has 1 aromatic heterocycles. The second-order valence-electron chi connectivity index (χ2n) is 5.29. The van der Waals surface area contributed by atoms with E-state index in [1.807, 2.05) is 35.0 Å². The van der Waals surface area contributed by atoms with E-state index in [4.69, 9.17) is 0 Å². The van der Waals surface area contributed by atoms with E-state index in [1.165, 1.54) is 6.08 Å². The quantitative estimate of drug-likeness (QED) is 0.881. The van der Waals surface area contributed by atoms with Gasteiger partial charge in [-0.05, 0) is 29.7 Å². The lowest BCUT2D eigenvalue weighted by atomic mass is 10.2. The summed E-state index contributed by atoms with van der Waals surface area (Å²) >= 11 is 3.44. The molecule has 0 bridgehead atoms. The Bertz CT molecular complexity index is 855. The van der Waals surface area contributed by atoms with Crippen molar-refractivity contribution in [2.75, 3.05) is 5.75 Å². The SMILES string of the molecule is O=C(CCn1ccc2ccc(Br)cc21)NC1C=CS(=O)(=O)C1. The van der Waals surface area contributed by atoms with Gasteiger partial charge in [-0.2, -0.15) is 0 Å². The summed E-state index contributed by atoms with van der Waals surface area (Å²) in [6, 6.07) is 7.61. The minimum absolute atomic E-state index is 0.0435. The van der Waals surface area contributed by atoms with Gasteiger partial charge in [-0.3, -0.25) is 4.79 Å². The Labute approximate surface area is 137 Å². The van der Waals surface area contributed by atoms with Crippen LogP contribution in [0, 0.1) is 0 Å². The number of aryl methyl sites for hydroxylation is 1. The van der Waals surface area contributed by atoms with Gasteiger partial charge in [0.25, 0.3) is 0 Å². The van der Waals surface area contributed by atoms with Crippen molar-refractivity contribution < 1.29 is 13.2 Å². The zero-order valence-electron chi connectivity index (χ0n) is 11.7. The van der Waals surface area contributed by atoms with E-state index in [2.05, 4.69) is 21.2 Å². The molecule has 1 unspecified atom stereocenters. The van der Waals surface area contributed by atoms with Crippen LogP contribution in [-0.4, -0.2) is 30.7 Å². The largest absolute Gasteiger partial charge is 0.349 e. The monoisotopic (exact) mass is 382 g/mol. The fourth-order valence-corrected chi connectivity index (χ4v) is 4.10. The molecule has 2 aromatic rings. The molecule has 1 atom stereocenters. The molecular weight excluding hydrogens is 368 g/mol. The average Bonchev–Trinajstić information content (AvgIpc) is 2.99. The highest BCUT2D eigenvalue weighted by molar-refractivity contribution is 9.10. The molecule has 0 fully saturated rings. The maximum Gasteiger partial charge on any atom is 0.222 e. The molecule has 1 amide bonds. The summed E-state index contributed by atoms with van der Waals surface area (Å²) in [7, 11) is -3.14. The molecule has 22 heavy (non-hydrogen) atoms. The van der Waals surface area contributed by atoms with Crippen LogP contribution in [0.1, 0.15) is 6.42 Å². The molecular formula is C15H15BrN2O3S. The highest BCUT2D eigenvalue weighted by Crippen LogP contribution is 2.21. The van der Waals surface area contributed by atoms with Gasteiger partial charge in [-0.15, -0.1) is 0 Å². The molecule has 0 aliphatic carbocycles. The third-order valence-electron chi connectivity index (χ3n) is 3.59. The summed E-state index contributed by atoms with van der Waals surface area (Å²) in [5.41, 5.74) is 1.06. The number of benzene rings is 1. The van der Waals surface area contributed by atoms with E-state index in [0.29, 0.717) is 13.0 Å². The van der Waals surface area contributed by atoms with E-state index in [-0.39, 0.29) is 11.7 Å². The molecule has 1 N–H and O–H groups in total. The van der Waals surface area contributed by atoms with Gasteiger partial charge in [0.2, 0.25) is 5.91 Å². The Morgan fingerprint density at radius 1 is 1.36 bits per heavy atom. The summed E-state index contributed by atoms with van der Waals surface area (Å²) in [4.78, 5) is 11.9. The van der Waals surface area contributed by atoms with Crippen LogP contribution in [0.25, 0.3) is 10.9 Å². The Morgan fingerprint density at radius 2 is 2.18 bits per heavy atom. The van der Waals surface area contributed by atoms with Crippen molar-refractivity contribution in [1.82, 2.24) is 9.88 Å². The molecule has 5 nitrogen and oxygen atoms in total. The zero-order valence-corrected chi connectivity index (χ0v) is 14.1. The molecule has 1 aliphatic rings. The zero-order chi connectivity index (χ0) is 15.7. The van der Waals surface area contributed by atoms with Crippen LogP contribution in [-0.2, 0) is 21.2 Å². The van der Waals surface area contributed by atoms with E-state index >= 15 is 0 Å². The summed E-state index contributed by atoms with van der Waals surface area (Å²) in [5.74, 6) is -0.193. The first kappa shape index (κ1) is 15.3. The molecule has 0 saturated carbocycles. The molecule has 1 aliphatic heterocycles. The van der Waals surface area contributed by atoms with Gasteiger partial charge < -0.3 is 9.88 Å². The van der Waals surface area contributed by atoms with Crippen LogP contribution in [0.15, 0.2) is 46.4 Å². The minimum atomic E-state index is -3.14. The smallest absolute Gasteiger partial charge is 0.222 e. The molecule has 3 rings (SSSR count). The standard InChI is InChI=1S/C15H15BrN2O3S/c16-12-2-1-11-3-6-18(14(11)9-12)7-4-15(19)17-13-5-8-22(20,21)10-13/h1-3,5-6,8-9,13H,4,7,10H2,(H,17,19). The van der Waals surface area contributed by atoms with Gasteiger partial charge in [0, 0.05) is 34.6 Å². The van der Waals surface area contributed by atoms with Crippen molar-refractivity contribution in [2.24, 2.45) is 0 Å². The number of hydrogen-bond donors (Lipinski definition) is 1. The number of carbonyl (C=O) groups is 1. The first-order chi connectivity index (χ1) is 10.4. The van der Waals surface area contributed by atoms with Gasteiger partial charge in [0.05, 0.1) is 11.8 Å². The number of halogens is 1. The lowest BCUT2D eigenvalue weighted by Crippen LogP contribution is -2.35. The Kier molecular flexibility index (Phi) is 4.10. The number of carbonyl (C=O) groups excluding carboxylic acids is 1. The number of hydrogen-bond acceptors (Lipinski definition) is 3. The molecule has 7 heteroatoms. The Balaban J connectivity index is 1.61. The van der Waals surface area contributed by atoms with Crippen LogP contribution in [0.3, 0.4) is 0 Å². The summed E-state index contributed by atoms with van der Waals surface area (Å²) in [5, 5.41) is 5.01. The summed E-state index contributed by atoms with van der Waals surface area (Å²) < 4.78 is 25.6. The van der Waals surface area contributed by atoms with Crippen molar-refractivity contribution in [3.63, 3.8) is 0 Å². The Hall–Kier alpha value is -1.60. The van der Waals surface area contributed by atoms with Gasteiger partial charge in [0.1, 0.15) is 0 Å². The van der Waals surface area contributed by atoms with Gasteiger partial charge in [0.15, 0.2) is 9.84 Å². The first-order valence-electron chi connectivity index (χ1n) is 6.88. The molecule has 0 saturated heterocycles. The molecule has 116 valence electrons. The van der Waals surface area contributed by atoms with Crippen molar-refractivity contribution in [3.8, 4) is 0 Å². The second-order valence-corrected chi connectivity index (χ2v) is 8.14. The normalized spacial score (nSPS) is 19.6. The third kappa shape index (κ3) is 3.41. The minimum Gasteiger partial charge on any atom is -0.349 e. The number of aromatic nitrogens is 1. The number of nitrogens with one attached hydrogen (secondary N) is 1. The van der Waals surface area contributed by atoms with Crippen LogP contribution >= 0.6 is 15.9 Å². The number of nitrogens with zero attached hydrogens (tertiary/aromatic N) is 1. The van der Waals surface area contributed by atoms with Gasteiger partial charge >= 0.3 is 0 Å². The molecule has 2 heterocycles. The van der Waals surface area contributed by atoms with E-state index in [0.717, 1.165) is 20.8 Å². The maximum absolute atomic E-state index is 11.9. The molecule has 0 radical (unpaired) electrons. The fourth-order valence-electron chi connectivity index (χ4n) is 2.52. The van der Waals surface area contributed by atoms with Crippen molar-refractivity contribution in [1.29, 1.82) is 0 Å². The fraction of sp³-hybridized carbons (Fsp3) is 0.267. The number of amides is 1. The predicted octanol–water partition coefficient (Wildman–Crippen LogP) is 2.22. The first-order valence-corrected chi connectivity index (χ1v) is 9.38. The lowest BCUT2D eigenvalue weighted by molar-refractivity contribution is -0.121. The summed E-state index contributed by atoms with van der Waals surface area (Å²) in [6.45, 7) is 0.551. The van der Waals surface area contributed by atoms with Crippen LogP contribution in [0.4, 0.5) is 0 Å². The van der Waals surface area contributed by atoms with Crippen LogP contribution < -0.4 is 5.32 Å². The highest BCUT2D eigenvalue weighted by Gasteiger charge is 2.22. The molecule has 1 aromatic carbocycles. The molecule has 0 spiro atoms. The highest BCUT2D eigenvalue weighted by atomic mass is 79.9. The van der Waals surface area contributed by atoms with Gasteiger partial charge in [-0.1, -0.05) is 22.0 Å². The second kappa shape index (κ2) is 5.89. The third-order valence-corrected chi connectivity index (χ3v) is 5.48. The van der Waals surface area contributed by atoms with Gasteiger partial charge in [-0.25, -0.2) is 8.42 Å². The van der Waals surface area contributed by atoms with Crippen molar-refractivity contribution >= 4 is 42.6 Å². The van der Waals surface area contributed by atoms with Crippen LogP contribution in [0.2, 0.25) is 0 Å². The van der Waals surface area contributed by atoms with E-state index in [1.54, 1.807) is 0 Å². The Morgan fingerprint density at radius 3 is 2.91 bits per heavy atom. The maximum atomic E-state index is 11.9. The predicted molar refractivity (Wildman–Crippen MR) is 89.1 cm³/mol.